The Morgan fingerprint density at radius 3 is 2.77 bits per heavy atom. The molecule has 3 rings (SSSR count). The van der Waals surface area contributed by atoms with E-state index in [4.69, 9.17) is 9.47 Å². The fourth-order valence-electron chi connectivity index (χ4n) is 3.24. The molecule has 0 spiro atoms. The summed E-state index contributed by atoms with van der Waals surface area (Å²) in [6.07, 6.45) is 5.43. The number of aryl methyl sites for hydroxylation is 1. The van der Waals surface area contributed by atoms with Gasteiger partial charge in [-0.05, 0) is 37.0 Å². The zero-order chi connectivity index (χ0) is 15.4. The van der Waals surface area contributed by atoms with Crippen molar-refractivity contribution in [1.82, 2.24) is 5.32 Å². The van der Waals surface area contributed by atoms with E-state index in [0.29, 0.717) is 19.4 Å². The van der Waals surface area contributed by atoms with Crippen molar-refractivity contribution in [2.24, 2.45) is 5.41 Å². The lowest BCUT2D eigenvalue weighted by Gasteiger charge is -2.26. The van der Waals surface area contributed by atoms with Gasteiger partial charge < -0.3 is 19.9 Å². The van der Waals surface area contributed by atoms with Gasteiger partial charge in [0.05, 0.1) is 6.61 Å². The number of aliphatic hydroxyl groups is 1. The monoisotopic (exact) mass is 305 g/mol. The van der Waals surface area contributed by atoms with Crippen LogP contribution in [0.15, 0.2) is 18.2 Å². The molecule has 5 nitrogen and oxygen atoms in total. The quantitative estimate of drug-likeness (QED) is 0.844. The summed E-state index contributed by atoms with van der Waals surface area (Å²) in [5.41, 5.74) is 0.978. The molecule has 1 aromatic rings. The number of carbonyl (C=O) groups excluding carboxylic acids is 1. The maximum atomic E-state index is 12.0. The average Bonchev–Trinajstić information content (AvgIpc) is 3.20. The molecule has 1 aliphatic carbocycles. The highest BCUT2D eigenvalue weighted by molar-refractivity contribution is 5.76. The van der Waals surface area contributed by atoms with E-state index >= 15 is 0 Å². The predicted octanol–water partition coefficient (Wildman–Crippen LogP) is 2.02. The van der Waals surface area contributed by atoms with Gasteiger partial charge in [-0.3, -0.25) is 4.79 Å². The Morgan fingerprint density at radius 1 is 1.23 bits per heavy atom. The Morgan fingerprint density at radius 2 is 2.00 bits per heavy atom. The number of aliphatic hydroxyl groups excluding tert-OH is 1. The third kappa shape index (κ3) is 3.35. The van der Waals surface area contributed by atoms with E-state index in [1.54, 1.807) is 0 Å². The molecule has 0 saturated heterocycles. The molecule has 0 bridgehead atoms. The molecule has 22 heavy (non-hydrogen) atoms. The maximum Gasteiger partial charge on any atom is 0.231 e. The summed E-state index contributed by atoms with van der Waals surface area (Å²) in [6.45, 7) is 1.02. The highest BCUT2D eigenvalue weighted by Gasteiger charge is 2.33. The van der Waals surface area contributed by atoms with Crippen molar-refractivity contribution in [3.05, 3.63) is 23.8 Å². The van der Waals surface area contributed by atoms with Gasteiger partial charge in [0.1, 0.15) is 0 Å². The first-order chi connectivity index (χ1) is 10.7. The smallest absolute Gasteiger partial charge is 0.231 e. The topological polar surface area (TPSA) is 67.8 Å². The third-order valence-electron chi connectivity index (χ3n) is 4.74. The summed E-state index contributed by atoms with van der Waals surface area (Å²) >= 11 is 0. The van der Waals surface area contributed by atoms with Crippen LogP contribution in [0.4, 0.5) is 0 Å². The van der Waals surface area contributed by atoms with E-state index in [0.717, 1.165) is 42.7 Å². The van der Waals surface area contributed by atoms with Crippen LogP contribution in [0.5, 0.6) is 11.5 Å². The molecule has 1 amide bonds. The Hall–Kier alpha value is -1.75. The molecule has 1 heterocycles. The van der Waals surface area contributed by atoms with Gasteiger partial charge in [-0.25, -0.2) is 0 Å². The Kier molecular flexibility index (Phi) is 4.52. The molecule has 1 saturated carbocycles. The second-order valence-electron chi connectivity index (χ2n) is 6.33. The fraction of sp³-hybridized carbons (Fsp3) is 0.588. The molecule has 120 valence electrons. The van der Waals surface area contributed by atoms with Crippen LogP contribution in [-0.2, 0) is 11.2 Å². The summed E-state index contributed by atoms with van der Waals surface area (Å²) in [7, 11) is 0. The molecule has 0 atom stereocenters. The standard InChI is InChI=1S/C17H23NO4/c19-11-17(7-1-2-8-17)10-18-16(20)6-4-13-3-5-14-15(9-13)22-12-21-14/h3,5,9,19H,1-2,4,6-8,10-12H2,(H,18,20). The summed E-state index contributed by atoms with van der Waals surface area (Å²) in [5, 5.41) is 12.5. The minimum absolute atomic E-state index is 0.0393. The molecular formula is C17H23NO4. The molecule has 5 heteroatoms. The zero-order valence-electron chi connectivity index (χ0n) is 12.8. The van der Waals surface area contributed by atoms with Crippen LogP contribution in [0.3, 0.4) is 0 Å². The van der Waals surface area contributed by atoms with Crippen molar-refractivity contribution in [1.29, 1.82) is 0 Å². The van der Waals surface area contributed by atoms with Crippen LogP contribution in [-0.4, -0.2) is 31.0 Å². The second-order valence-corrected chi connectivity index (χ2v) is 6.33. The molecule has 0 aromatic heterocycles. The summed E-state index contributed by atoms with van der Waals surface area (Å²) < 4.78 is 10.6. The van der Waals surface area contributed by atoms with Crippen molar-refractivity contribution in [2.45, 2.75) is 38.5 Å². The van der Waals surface area contributed by atoms with Crippen LogP contribution >= 0.6 is 0 Å². The maximum absolute atomic E-state index is 12.0. The number of hydrogen-bond acceptors (Lipinski definition) is 4. The van der Waals surface area contributed by atoms with E-state index in [1.807, 2.05) is 18.2 Å². The Labute approximate surface area is 130 Å². The normalized spacial score (nSPS) is 18.4. The number of nitrogens with one attached hydrogen (secondary N) is 1. The molecular weight excluding hydrogens is 282 g/mol. The van der Waals surface area contributed by atoms with Crippen molar-refractivity contribution in [3.8, 4) is 11.5 Å². The van der Waals surface area contributed by atoms with Crippen LogP contribution in [0.25, 0.3) is 0 Å². The van der Waals surface area contributed by atoms with E-state index < -0.39 is 0 Å². The minimum Gasteiger partial charge on any atom is -0.454 e. The molecule has 1 aromatic carbocycles. The zero-order valence-corrected chi connectivity index (χ0v) is 12.8. The number of carbonyl (C=O) groups is 1. The molecule has 2 aliphatic rings. The van der Waals surface area contributed by atoms with Gasteiger partial charge >= 0.3 is 0 Å². The van der Waals surface area contributed by atoms with E-state index in [1.165, 1.54) is 0 Å². The number of hydrogen-bond donors (Lipinski definition) is 2. The molecule has 2 N–H and O–H groups in total. The van der Waals surface area contributed by atoms with Gasteiger partial charge in [0.2, 0.25) is 12.7 Å². The minimum atomic E-state index is -0.0889. The third-order valence-corrected chi connectivity index (χ3v) is 4.74. The van der Waals surface area contributed by atoms with E-state index in [-0.39, 0.29) is 24.7 Å². The van der Waals surface area contributed by atoms with Crippen molar-refractivity contribution >= 4 is 5.91 Å². The first-order valence-corrected chi connectivity index (χ1v) is 7.97. The van der Waals surface area contributed by atoms with Crippen molar-refractivity contribution in [2.75, 3.05) is 19.9 Å². The van der Waals surface area contributed by atoms with Crippen LogP contribution in [0, 0.1) is 5.41 Å². The predicted molar refractivity (Wildman–Crippen MR) is 81.9 cm³/mol. The van der Waals surface area contributed by atoms with Crippen LogP contribution < -0.4 is 14.8 Å². The van der Waals surface area contributed by atoms with Gasteiger partial charge in [-0.15, -0.1) is 0 Å². The number of fused-ring (bicyclic) bond motifs is 1. The van der Waals surface area contributed by atoms with Crippen molar-refractivity contribution in [3.63, 3.8) is 0 Å². The largest absolute Gasteiger partial charge is 0.454 e. The number of benzene rings is 1. The van der Waals surface area contributed by atoms with Gasteiger partial charge in [-0.1, -0.05) is 18.9 Å². The molecule has 1 aliphatic heterocycles. The van der Waals surface area contributed by atoms with Crippen LogP contribution in [0.1, 0.15) is 37.7 Å². The molecule has 0 unspecified atom stereocenters. The Balaban J connectivity index is 1.46. The molecule has 1 fully saturated rings. The van der Waals surface area contributed by atoms with Gasteiger partial charge in [0, 0.05) is 18.4 Å². The SMILES string of the molecule is O=C(CCc1ccc2c(c1)OCO2)NCC1(CO)CCCC1. The first kappa shape index (κ1) is 15.2. The van der Waals surface area contributed by atoms with Gasteiger partial charge in [0.15, 0.2) is 11.5 Å². The number of rotatable bonds is 6. The lowest BCUT2D eigenvalue weighted by molar-refractivity contribution is -0.121. The van der Waals surface area contributed by atoms with E-state index in [2.05, 4.69) is 5.32 Å². The number of amides is 1. The fourth-order valence-corrected chi connectivity index (χ4v) is 3.24. The highest BCUT2D eigenvalue weighted by atomic mass is 16.7. The first-order valence-electron chi connectivity index (χ1n) is 7.97. The Bertz CT molecular complexity index is 537. The summed E-state index contributed by atoms with van der Waals surface area (Å²) in [4.78, 5) is 12.0. The highest BCUT2D eigenvalue weighted by Crippen LogP contribution is 2.37. The second kappa shape index (κ2) is 6.57. The van der Waals surface area contributed by atoms with Gasteiger partial charge in [-0.2, -0.15) is 0 Å². The van der Waals surface area contributed by atoms with Crippen molar-refractivity contribution < 1.29 is 19.4 Å². The summed E-state index contributed by atoms with van der Waals surface area (Å²) in [5.74, 6) is 1.56. The summed E-state index contributed by atoms with van der Waals surface area (Å²) in [6, 6.07) is 5.78. The lowest BCUT2D eigenvalue weighted by Crippen LogP contribution is -2.38. The van der Waals surface area contributed by atoms with E-state index in [9.17, 15) is 9.90 Å². The van der Waals surface area contributed by atoms with Gasteiger partial charge in [0.25, 0.3) is 0 Å². The molecule has 0 radical (unpaired) electrons. The lowest BCUT2D eigenvalue weighted by atomic mass is 9.87. The number of ether oxygens (including phenoxy) is 2. The van der Waals surface area contributed by atoms with Crippen LogP contribution in [0.2, 0.25) is 0 Å². The average molecular weight is 305 g/mol.